The summed E-state index contributed by atoms with van der Waals surface area (Å²) in [5.41, 5.74) is 1.02. The minimum absolute atomic E-state index is 0.00544. The SMILES string of the molecule is CCc1noc(CSc2nc3sc(C)c(C)c3c(=O)n2C)n1. The molecule has 0 saturated carbocycles. The van der Waals surface area contributed by atoms with Gasteiger partial charge in [0.05, 0.1) is 11.1 Å². The minimum Gasteiger partial charge on any atom is -0.338 e. The Balaban J connectivity index is 1.94. The van der Waals surface area contributed by atoms with Crippen molar-refractivity contribution in [2.24, 2.45) is 7.05 Å². The van der Waals surface area contributed by atoms with Crippen LogP contribution in [0.4, 0.5) is 0 Å². The van der Waals surface area contributed by atoms with Gasteiger partial charge in [-0.15, -0.1) is 11.3 Å². The maximum Gasteiger partial charge on any atom is 0.262 e. The van der Waals surface area contributed by atoms with Crippen molar-refractivity contribution >= 4 is 33.3 Å². The van der Waals surface area contributed by atoms with Crippen molar-refractivity contribution in [3.05, 3.63) is 32.5 Å². The maximum atomic E-state index is 12.5. The molecule has 0 atom stereocenters. The van der Waals surface area contributed by atoms with E-state index in [0.29, 0.717) is 22.6 Å². The highest BCUT2D eigenvalue weighted by molar-refractivity contribution is 7.98. The molecule has 3 aromatic rings. The highest BCUT2D eigenvalue weighted by Gasteiger charge is 2.15. The van der Waals surface area contributed by atoms with Gasteiger partial charge in [0, 0.05) is 18.3 Å². The van der Waals surface area contributed by atoms with Crippen LogP contribution < -0.4 is 5.56 Å². The number of aryl methyl sites for hydroxylation is 3. The maximum absolute atomic E-state index is 12.5. The Morgan fingerprint density at radius 3 is 2.77 bits per heavy atom. The van der Waals surface area contributed by atoms with Crippen LogP contribution in [0.25, 0.3) is 10.2 Å². The van der Waals surface area contributed by atoms with Crippen LogP contribution in [0.15, 0.2) is 14.5 Å². The molecule has 3 heterocycles. The van der Waals surface area contributed by atoms with Crippen molar-refractivity contribution in [1.82, 2.24) is 19.7 Å². The van der Waals surface area contributed by atoms with E-state index < -0.39 is 0 Å². The molecule has 0 radical (unpaired) electrons. The molecule has 0 aliphatic rings. The molecule has 0 N–H and O–H groups in total. The first-order chi connectivity index (χ1) is 10.5. The predicted octanol–water partition coefficient (Wildman–Crippen LogP) is 2.85. The predicted molar refractivity (Wildman–Crippen MR) is 87.6 cm³/mol. The molecule has 0 spiro atoms. The van der Waals surface area contributed by atoms with Crippen LogP contribution in [0, 0.1) is 13.8 Å². The third-order valence-corrected chi connectivity index (χ3v) is 5.64. The molecule has 0 unspecified atom stereocenters. The molecule has 6 nitrogen and oxygen atoms in total. The van der Waals surface area contributed by atoms with Crippen LogP contribution in [0.5, 0.6) is 0 Å². The lowest BCUT2D eigenvalue weighted by Crippen LogP contribution is -2.19. The molecule has 8 heteroatoms. The Hall–Kier alpha value is -1.67. The number of fused-ring (bicyclic) bond motifs is 1. The number of hydrogen-bond donors (Lipinski definition) is 0. The zero-order chi connectivity index (χ0) is 15.9. The summed E-state index contributed by atoms with van der Waals surface area (Å²) in [6, 6.07) is 0. The Morgan fingerprint density at radius 2 is 2.09 bits per heavy atom. The fourth-order valence-electron chi connectivity index (χ4n) is 2.10. The zero-order valence-corrected chi connectivity index (χ0v) is 14.5. The van der Waals surface area contributed by atoms with Gasteiger partial charge in [-0.3, -0.25) is 9.36 Å². The second kappa shape index (κ2) is 5.85. The molecule has 0 fully saturated rings. The normalized spacial score (nSPS) is 11.5. The van der Waals surface area contributed by atoms with Crippen molar-refractivity contribution in [2.45, 2.75) is 38.1 Å². The van der Waals surface area contributed by atoms with E-state index >= 15 is 0 Å². The largest absolute Gasteiger partial charge is 0.338 e. The first-order valence-corrected chi connectivity index (χ1v) is 8.72. The van der Waals surface area contributed by atoms with Crippen molar-refractivity contribution < 1.29 is 4.52 Å². The summed E-state index contributed by atoms with van der Waals surface area (Å²) in [5.74, 6) is 1.74. The lowest BCUT2D eigenvalue weighted by molar-refractivity contribution is 0.385. The number of thioether (sulfide) groups is 1. The standard InChI is InChI=1S/C14H16N4O2S2/c1-5-9-15-10(20-17-9)6-21-14-16-12-11(13(19)18(14)4)7(2)8(3)22-12/h5-6H2,1-4H3. The van der Waals surface area contributed by atoms with Crippen LogP contribution in [0.1, 0.15) is 29.1 Å². The number of rotatable bonds is 4. The molecule has 0 amide bonds. The van der Waals surface area contributed by atoms with Crippen molar-refractivity contribution in [3.8, 4) is 0 Å². The Bertz CT molecular complexity index is 894. The van der Waals surface area contributed by atoms with Crippen LogP contribution in [-0.4, -0.2) is 19.7 Å². The topological polar surface area (TPSA) is 73.8 Å². The van der Waals surface area contributed by atoms with Crippen LogP contribution in [-0.2, 0) is 19.2 Å². The molecule has 116 valence electrons. The van der Waals surface area contributed by atoms with E-state index in [-0.39, 0.29) is 5.56 Å². The monoisotopic (exact) mass is 336 g/mol. The summed E-state index contributed by atoms with van der Waals surface area (Å²) in [6.45, 7) is 5.95. The minimum atomic E-state index is -0.00544. The second-order valence-electron chi connectivity index (χ2n) is 4.97. The first-order valence-electron chi connectivity index (χ1n) is 6.92. The van der Waals surface area contributed by atoms with E-state index in [1.165, 1.54) is 11.8 Å². The fourth-order valence-corrected chi connectivity index (χ4v) is 3.98. The van der Waals surface area contributed by atoms with Gasteiger partial charge < -0.3 is 4.52 Å². The van der Waals surface area contributed by atoms with Gasteiger partial charge in [-0.2, -0.15) is 4.98 Å². The number of hydrogen-bond acceptors (Lipinski definition) is 7. The summed E-state index contributed by atoms with van der Waals surface area (Å²) >= 11 is 2.99. The van der Waals surface area contributed by atoms with E-state index in [9.17, 15) is 4.79 Å². The van der Waals surface area contributed by atoms with E-state index in [4.69, 9.17) is 4.52 Å². The van der Waals surface area contributed by atoms with Crippen LogP contribution >= 0.6 is 23.1 Å². The highest BCUT2D eigenvalue weighted by Crippen LogP contribution is 2.28. The van der Waals surface area contributed by atoms with Gasteiger partial charge >= 0.3 is 0 Å². The number of thiophene rings is 1. The van der Waals surface area contributed by atoms with Gasteiger partial charge in [-0.25, -0.2) is 4.98 Å². The third-order valence-electron chi connectivity index (χ3n) is 3.52. The van der Waals surface area contributed by atoms with Gasteiger partial charge in [-0.05, 0) is 19.4 Å². The molecule has 0 aliphatic heterocycles. The van der Waals surface area contributed by atoms with E-state index in [2.05, 4.69) is 15.1 Å². The van der Waals surface area contributed by atoms with Crippen LogP contribution in [0.2, 0.25) is 0 Å². The van der Waals surface area contributed by atoms with Crippen LogP contribution in [0.3, 0.4) is 0 Å². The molecule has 3 rings (SSSR count). The molecule has 0 saturated heterocycles. The Kier molecular flexibility index (Phi) is 4.05. The molecule has 0 bridgehead atoms. The van der Waals surface area contributed by atoms with Crippen molar-refractivity contribution in [1.29, 1.82) is 0 Å². The average Bonchev–Trinajstić information content (AvgIpc) is 3.07. The number of nitrogens with zero attached hydrogens (tertiary/aromatic N) is 4. The molecule has 0 aromatic carbocycles. The zero-order valence-electron chi connectivity index (χ0n) is 12.8. The van der Waals surface area contributed by atoms with E-state index in [1.54, 1.807) is 23.0 Å². The van der Waals surface area contributed by atoms with Gasteiger partial charge in [0.25, 0.3) is 5.56 Å². The lowest BCUT2D eigenvalue weighted by Gasteiger charge is -2.05. The fraction of sp³-hybridized carbons (Fsp3) is 0.429. The summed E-state index contributed by atoms with van der Waals surface area (Å²) < 4.78 is 6.75. The lowest BCUT2D eigenvalue weighted by atomic mass is 10.2. The summed E-state index contributed by atoms with van der Waals surface area (Å²) in [7, 11) is 1.74. The molecule has 22 heavy (non-hydrogen) atoms. The van der Waals surface area contributed by atoms with Gasteiger partial charge in [0.15, 0.2) is 11.0 Å². The Labute approximate surface area is 135 Å². The van der Waals surface area contributed by atoms with Crippen molar-refractivity contribution in [3.63, 3.8) is 0 Å². The van der Waals surface area contributed by atoms with Crippen molar-refractivity contribution in [2.75, 3.05) is 0 Å². The molecule has 0 aliphatic carbocycles. The third kappa shape index (κ3) is 2.56. The summed E-state index contributed by atoms with van der Waals surface area (Å²) in [4.78, 5) is 23.3. The second-order valence-corrected chi connectivity index (χ2v) is 7.11. The quantitative estimate of drug-likeness (QED) is 0.539. The molecular formula is C14H16N4O2S2. The smallest absolute Gasteiger partial charge is 0.262 e. The summed E-state index contributed by atoms with van der Waals surface area (Å²) in [6.07, 6.45) is 0.741. The molecular weight excluding hydrogens is 320 g/mol. The van der Waals surface area contributed by atoms with E-state index in [0.717, 1.165) is 27.1 Å². The van der Waals surface area contributed by atoms with Gasteiger partial charge in [-0.1, -0.05) is 23.8 Å². The highest BCUT2D eigenvalue weighted by atomic mass is 32.2. The average molecular weight is 336 g/mol. The van der Waals surface area contributed by atoms with Gasteiger partial charge in [0.2, 0.25) is 5.89 Å². The van der Waals surface area contributed by atoms with E-state index in [1.807, 2.05) is 20.8 Å². The summed E-state index contributed by atoms with van der Waals surface area (Å²) in [5, 5.41) is 5.25. The van der Waals surface area contributed by atoms with Gasteiger partial charge in [0.1, 0.15) is 4.83 Å². The molecule has 3 aromatic heterocycles. The Morgan fingerprint density at radius 1 is 1.32 bits per heavy atom. The number of aromatic nitrogens is 4. The first kappa shape index (κ1) is 15.2.